The van der Waals surface area contributed by atoms with E-state index in [0.717, 1.165) is 24.5 Å². The van der Waals surface area contributed by atoms with Crippen LogP contribution in [0.1, 0.15) is 64.7 Å². The number of nitrogens with two attached hydrogens (primary N) is 1. The van der Waals surface area contributed by atoms with Crippen LogP contribution in [0, 0.1) is 5.92 Å². The van der Waals surface area contributed by atoms with Crippen LogP contribution in [0.4, 0.5) is 0 Å². The van der Waals surface area contributed by atoms with Gasteiger partial charge in [-0.25, -0.2) is 0 Å². The molecule has 17 heavy (non-hydrogen) atoms. The van der Waals surface area contributed by atoms with Crippen LogP contribution in [0.25, 0.3) is 0 Å². The lowest BCUT2D eigenvalue weighted by atomic mass is 9.79. The SMILES string of the molecule is CCC1CCCCC1N(CCCN)C1CCC1. The average Bonchev–Trinajstić information content (AvgIpc) is 2.32. The largest absolute Gasteiger partial charge is 0.330 e. The molecule has 0 amide bonds. The minimum atomic E-state index is 0.854. The van der Waals surface area contributed by atoms with Crippen LogP contribution in [0.2, 0.25) is 0 Å². The summed E-state index contributed by atoms with van der Waals surface area (Å²) in [6, 6.07) is 1.78. The molecule has 2 aliphatic rings. The predicted octanol–water partition coefficient (Wildman–Crippen LogP) is 3.16. The molecule has 100 valence electrons. The Bertz CT molecular complexity index is 213. The molecule has 0 heterocycles. The lowest BCUT2D eigenvalue weighted by molar-refractivity contribution is 0.0272. The molecule has 2 unspecified atom stereocenters. The Hall–Kier alpha value is -0.0800. The van der Waals surface area contributed by atoms with Gasteiger partial charge in [-0.1, -0.05) is 32.6 Å². The summed E-state index contributed by atoms with van der Waals surface area (Å²) in [4.78, 5) is 2.85. The first-order valence-electron chi connectivity index (χ1n) is 7.82. The standard InChI is InChI=1S/C15H30N2/c1-2-13-7-3-4-10-15(13)17(12-6-11-16)14-8-5-9-14/h13-15H,2-12,16H2,1H3. The molecule has 0 spiro atoms. The highest BCUT2D eigenvalue weighted by atomic mass is 15.2. The molecule has 2 saturated carbocycles. The molecular formula is C15H30N2. The van der Waals surface area contributed by atoms with Gasteiger partial charge in [0.05, 0.1) is 0 Å². The molecule has 0 aromatic carbocycles. The van der Waals surface area contributed by atoms with Crippen LogP contribution < -0.4 is 5.73 Å². The summed E-state index contributed by atoms with van der Waals surface area (Å²) in [5.74, 6) is 0.960. The average molecular weight is 238 g/mol. The van der Waals surface area contributed by atoms with E-state index in [1.54, 1.807) is 0 Å². The molecule has 2 atom stereocenters. The quantitative estimate of drug-likeness (QED) is 0.770. The lowest BCUT2D eigenvalue weighted by Crippen LogP contribution is -2.51. The van der Waals surface area contributed by atoms with Gasteiger partial charge in [-0.15, -0.1) is 0 Å². The number of rotatable bonds is 6. The first-order chi connectivity index (χ1) is 8.36. The Morgan fingerprint density at radius 1 is 1.06 bits per heavy atom. The van der Waals surface area contributed by atoms with Gasteiger partial charge in [-0.05, 0) is 51.1 Å². The normalized spacial score (nSPS) is 30.5. The summed E-state index contributed by atoms with van der Waals surface area (Å²) >= 11 is 0. The maximum atomic E-state index is 5.71. The zero-order valence-corrected chi connectivity index (χ0v) is 11.5. The van der Waals surface area contributed by atoms with Crippen molar-refractivity contribution >= 4 is 0 Å². The molecule has 0 saturated heterocycles. The molecule has 2 rings (SSSR count). The first kappa shape index (κ1) is 13.4. The van der Waals surface area contributed by atoms with E-state index in [1.807, 2.05) is 0 Å². The highest BCUT2D eigenvalue weighted by Gasteiger charge is 2.34. The van der Waals surface area contributed by atoms with E-state index in [9.17, 15) is 0 Å². The van der Waals surface area contributed by atoms with Gasteiger partial charge in [0.25, 0.3) is 0 Å². The summed E-state index contributed by atoms with van der Waals surface area (Å²) in [5, 5.41) is 0. The summed E-state index contributed by atoms with van der Waals surface area (Å²) in [6.07, 6.45) is 12.7. The fourth-order valence-electron chi connectivity index (χ4n) is 3.71. The number of hydrogen-bond acceptors (Lipinski definition) is 2. The third-order valence-corrected chi connectivity index (χ3v) is 4.98. The van der Waals surface area contributed by atoms with E-state index in [4.69, 9.17) is 5.73 Å². The Morgan fingerprint density at radius 2 is 1.82 bits per heavy atom. The molecule has 0 aliphatic heterocycles. The molecule has 0 aromatic heterocycles. The third kappa shape index (κ3) is 3.23. The monoisotopic (exact) mass is 238 g/mol. The van der Waals surface area contributed by atoms with Crippen molar-refractivity contribution in [2.45, 2.75) is 76.8 Å². The van der Waals surface area contributed by atoms with Crippen molar-refractivity contribution in [1.82, 2.24) is 4.90 Å². The molecule has 0 bridgehead atoms. The maximum Gasteiger partial charge on any atom is 0.0126 e. The van der Waals surface area contributed by atoms with Crippen LogP contribution in [0.15, 0.2) is 0 Å². The lowest BCUT2D eigenvalue weighted by Gasteiger charge is -2.47. The molecule has 2 fully saturated rings. The summed E-state index contributed by atoms with van der Waals surface area (Å²) in [6.45, 7) is 4.49. The first-order valence-corrected chi connectivity index (χ1v) is 7.82. The molecule has 2 aliphatic carbocycles. The fourth-order valence-corrected chi connectivity index (χ4v) is 3.71. The maximum absolute atomic E-state index is 5.71. The smallest absolute Gasteiger partial charge is 0.0126 e. The van der Waals surface area contributed by atoms with Gasteiger partial charge in [0, 0.05) is 12.1 Å². The fraction of sp³-hybridized carbons (Fsp3) is 1.00. The summed E-state index contributed by atoms with van der Waals surface area (Å²) in [7, 11) is 0. The van der Waals surface area contributed by atoms with Gasteiger partial charge in [-0.3, -0.25) is 4.90 Å². The second-order valence-corrected chi connectivity index (χ2v) is 5.98. The minimum absolute atomic E-state index is 0.854. The van der Waals surface area contributed by atoms with Gasteiger partial charge in [-0.2, -0.15) is 0 Å². The van der Waals surface area contributed by atoms with Crippen molar-refractivity contribution in [3.05, 3.63) is 0 Å². The van der Waals surface area contributed by atoms with Crippen LogP contribution in [0.3, 0.4) is 0 Å². The molecule has 2 N–H and O–H groups in total. The molecule has 0 aromatic rings. The Labute approximate surface area is 107 Å². The van der Waals surface area contributed by atoms with Crippen LogP contribution in [-0.2, 0) is 0 Å². The van der Waals surface area contributed by atoms with Crippen molar-refractivity contribution in [2.24, 2.45) is 11.7 Å². The highest BCUT2D eigenvalue weighted by molar-refractivity contribution is 4.89. The molecule has 2 heteroatoms. The summed E-state index contributed by atoms with van der Waals surface area (Å²) < 4.78 is 0. The van der Waals surface area contributed by atoms with E-state index >= 15 is 0 Å². The van der Waals surface area contributed by atoms with Crippen molar-refractivity contribution in [3.63, 3.8) is 0 Å². The van der Waals surface area contributed by atoms with Crippen LogP contribution >= 0.6 is 0 Å². The van der Waals surface area contributed by atoms with E-state index in [-0.39, 0.29) is 0 Å². The molecular weight excluding hydrogens is 208 g/mol. The van der Waals surface area contributed by atoms with Gasteiger partial charge < -0.3 is 5.73 Å². The van der Waals surface area contributed by atoms with Crippen LogP contribution in [0.5, 0.6) is 0 Å². The molecule has 2 nitrogen and oxygen atoms in total. The molecule has 0 radical (unpaired) electrons. The van der Waals surface area contributed by atoms with Gasteiger partial charge >= 0.3 is 0 Å². The Morgan fingerprint density at radius 3 is 2.41 bits per heavy atom. The van der Waals surface area contributed by atoms with Crippen molar-refractivity contribution < 1.29 is 0 Å². The Kier molecular flexibility index (Phi) is 5.30. The van der Waals surface area contributed by atoms with E-state index in [0.29, 0.717) is 0 Å². The number of hydrogen-bond donors (Lipinski definition) is 1. The van der Waals surface area contributed by atoms with Gasteiger partial charge in [0.1, 0.15) is 0 Å². The second-order valence-electron chi connectivity index (χ2n) is 5.98. The highest BCUT2D eigenvalue weighted by Crippen LogP contribution is 2.36. The predicted molar refractivity (Wildman–Crippen MR) is 74.1 cm³/mol. The summed E-state index contributed by atoms with van der Waals surface area (Å²) in [5.41, 5.74) is 5.71. The zero-order valence-electron chi connectivity index (χ0n) is 11.5. The van der Waals surface area contributed by atoms with Crippen molar-refractivity contribution in [1.29, 1.82) is 0 Å². The topological polar surface area (TPSA) is 29.3 Å². The number of nitrogens with zero attached hydrogens (tertiary/aromatic N) is 1. The van der Waals surface area contributed by atoms with E-state index in [1.165, 1.54) is 64.3 Å². The Balaban J connectivity index is 1.95. The van der Waals surface area contributed by atoms with Gasteiger partial charge in [0.15, 0.2) is 0 Å². The van der Waals surface area contributed by atoms with Crippen molar-refractivity contribution in [3.8, 4) is 0 Å². The van der Waals surface area contributed by atoms with Crippen LogP contribution in [-0.4, -0.2) is 30.1 Å². The van der Waals surface area contributed by atoms with E-state index in [2.05, 4.69) is 11.8 Å². The van der Waals surface area contributed by atoms with Gasteiger partial charge in [0.2, 0.25) is 0 Å². The van der Waals surface area contributed by atoms with Crippen molar-refractivity contribution in [2.75, 3.05) is 13.1 Å². The minimum Gasteiger partial charge on any atom is -0.330 e. The zero-order chi connectivity index (χ0) is 12.1. The second kappa shape index (κ2) is 6.75. The third-order valence-electron chi connectivity index (χ3n) is 4.98. The van der Waals surface area contributed by atoms with E-state index < -0.39 is 0 Å².